The van der Waals surface area contributed by atoms with E-state index in [1.165, 1.54) is 0 Å². The Kier molecular flexibility index (Phi) is 4.82. The molecule has 3 unspecified atom stereocenters. The number of nitrogens with zero attached hydrogens (tertiary/aromatic N) is 1. The Morgan fingerprint density at radius 3 is 2.00 bits per heavy atom. The van der Waals surface area contributed by atoms with Crippen molar-refractivity contribution in [3.63, 3.8) is 0 Å². The van der Waals surface area contributed by atoms with E-state index in [1.807, 2.05) is 31.2 Å². The number of rotatable bonds is 3. The predicted octanol–water partition coefficient (Wildman–Crippen LogP) is 4.60. The van der Waals surface area contributed by atoms with Crippen LogP contribution in [-0.4, -0.2) is 29.0 Å². The van der Waals surface area contributed by atoms with Crippen molar-refractivity contribution in [3.05, 3.63) is 100 Å². The molecular weight excluding hydrogens is 466 g/mol. The maximum Gasteiger partial charge on any atom is 0.241 e. The van der Waals surface area contributed by atoms with Gasteiger partial charge in [-0.05, 0) is 41.8 Å². The van der Waals surface area contributed by atoms with Crippen LogP contribution in [0.25, 0.3) is 0 Å². The molecule has 2 fully saturated rings. The van der Waals surface area contributed by atoms with E-state index in [2.05, 4.69) is 0 Å². The van der Waals surface area contributed by atoms with Crippen molar-refractivity contribution >= 4 is 40.7 Å². The largest absolute Gasteiger partial charge is 0.349 e. The predicted molar refractivity (Wildman–Crippen MR) is 128 cm³/mol. The van der Waals surface area contributed by atoms with Crippen LogP contribution in [0.5, 0.6) is 0 Å². The molecule has 35 heavy (non-hydrogen) atoms. The van der Waals surface area contributed by atoms with E-state index in [9.17, 15) is 19.2 Å². The van der Waals surface area contributed by atoms with Crippen LogP contribution in [0.15, 0.2) is 72.8 Å². The molecule has 3 aliphatic rings. The van der Waals surface area contributed by atoms with Gasteiger partial charge in [0.2, 0.25) is 29.0 Å². The summed E-state index contributed by atoms with van der Waals surface area (Å²) in [5, 5.41) is 0.457. The summed E-state index contributed by atoms with van der Waals surface area (Å²) in [5.41, 5.74) is 0.423. The lowest BCUT2D eigenvalue weighted by Crippen LogP contribution is -2.51. The van der Waals surface area contributed by atoms with Gasteiger partial charge in [0.25, 0.3) is 0 Å². The zero-order valence-electron chi connectivity index (χ0n) is 18.7. The van der Waals surface area contributed by atoms with Crippen LogP contribution >= 0.6 is 11.6 Å². The fourth-order valence-electron chi connectivity index (χ4n) is 5.61. The molecule has 6 rings (SSSR count). The Bertz CT molecular complexity index is 1380. The molecule has 2 heterocycles. The molecule has 0 radical (unpaired) electrons. The molecule has 0 saturated carbocycles. The van der Waals surface area contributed by atoms with E-state index in [1.54, 1.807) is 48.5 Å². The number of carbonyl (C=O) groups is 4. The van der Waals surface area contributed by atoms with Crippen molar-refractivity contribution < 1.29 is 23.9 Å². The summed E-state index contributed by atoms with van der Waals surface area (Å²) >= 11 is 6.01. The zero-order valence-corrected chi connectivity index (χ0v) is 19.5. The van der Waals surface area contributed by atoms with Gasteiger partial charge < -0.3 is 4.74 Å². The third-order valence-electron chi connectivity index (χ3n) is 7.32. The van der Waals surface area contributed by atoms with Gasteiger partial charge in [0.1, 0.15) is 0 Å². The second kappa shape index (κ2) is 7.70. The summed E-state index contributed by atoms with van der Waals surface area (Å²) in [6.07, 6.45) is -0.0996. The summed E-state index contributed by atoms with van der Waals surface area (Å²) in [5.74, 6) is -4.55. The van der Waals surface area contributed by atoms with Gasteiger partial charge in [-0.2, -0.15) is 0 Å². The minimum absolute atomic E-state index is 0.212. The highest BCUT2D eigenvalue weighted by atomic mass is 35.5. The number of anilines is 1. The summed E-state index contributed by atoms with van der Waals surface area (Å²) in [4.78, 5) is 56.2. The van der Waals surface area contributed by atoms with Gasteiger partial charge in [-0.3, -0.25) is 19.2 Å². The molecule has 1 spiro atoms. The van der Waals surface area contributed by atoms with E-state index in [4.69, 9.17) is 16.3 Å². The molecule has 6 nitrogen and oxygen atoms in total. The smallest absolute Gasteiger partial charge is 0.241 e. The molecule has 3 aromatic rings. The van der Waals surface area contributed by atoms with Gasteiger partial charge in [0.15, 0.2) is 0 Å². The number of fused-ring (bicyclic) bond motifs is 3. The average molecular weight is 486 g/mol. The number of benzene rings is 3. The first-order valence-corrected chi connectivity index (χ1v) is 11.8. The van der Waals surface area contributed by atoms with Gasteiger partial charge in [-0.25, -0.2) is 4.90 Å². The third-order valence-corrected chi connectivity index (χ3v) is 7.57. The minimum Gasteiger partial charge on any atom is -0.349 e. The number of halogens is 1. The first kappa shape index (κ1) is 21.9. The van der Waals surface area contributed by atoms with E-state index >= 15 is 0 Å². The van der Waals surface area contributed by atoms with Crippen LogP contribution in [-0.2, 0) is 20.7 Å². The highest BCUT2D eigenvalue weighted by Crippen LogP contribution is 2.57. The van der Waals surface area contributed by atoms with Crippen molar-refractivity contribution in [2.45, 2.75) is 25.0 Å². The molecule has 1 aliphatic carbocycles. The monoisotopic (exact) mass is 485 g/mol. The van der Waals surface area contributed by atoms with Gasteiger partial charge in [0.05, 0.1) is 23.6 Å². The second-order valence-corrected chi connectivity index (χ2v) is 9.50. The van der Waals surface area contributed by atoms with Crippen LogP contribution < -0.4 is 4.90 Å². The van der Waals surface area contributed by atoms with Crippen LogP contribution in [0.2, 0.25) is 5.02 Å². The van der Waals surface area contributed by atoms with Crippen molar-refractivity contribution in [1.82, 2.24) is 0 Å². The van der Waals surface area contributed by atoms with E-state index < -0.39 is 46.9 Å². The number of amides is 2. The zero-order chi connectivity index (χ0) is 24.5. The highest BCUT2D eigenvalue weighted by Gasteiger charge is 2.74. The number of carbonyl (C=O) groups excluding carboxylic acids is 4. The number of ether oxygens (including phenoxy) is 1. The molecule has 2 aliphatic heterocycles. The summed E-state index contributed by atoms with van der Waals surface area (Å²) < 4.78 is 6.30. The molecule has 0 aromatic heterocycles. The van der Waals surface area contributed by atoms with Crippen molar-refractivity contribution in [1.29, 1.82) is 0 Å². The normalized spacial score (nSPS) is 24.4. The minimum atomic E-state index is -2.07. The van der Waals surface area contributed by atoms with Gasteiger partial charge in [0, 0.05) is 16.1 Å². The lowest BCUT2D eigenvalue weighted by Gasteiger charge is -2.27. The Morgan fingerprint density at radius 2 is 1.43 bits per heavy atom. The number of hydrogen-bond donors (Lipinski definition) is 0. The molecular formula is C28H20ClNO5. The third kappa shape index (κ3) is 2.87. The molecule has 0 N–H and O–H groups in total. The lowest BCUT2D eigenvalue weighted by atomic mass is 9.77. The Morgan fingerprint density at radius 1 is 0.829 bits per heavy atom. The van der Waals surface area contributed by atoms with Gasteiger partial charge in [-0.15, -0.1) is 0 Å². The fourth-order valence-corrected chi connectivity index (χ4v) is 5.73. The maximum absolute atomic E-state index is 13.9. The molecule has 3 aromatic carbocycles. The highest BCUT2D eigenvalue weighted by molar-refractivity contribution is 6.37. The Balaban J connectivity index is 1.53. The van der Waals surface area contributed by atoms with Crippen LogP contribution in [0.4, 0.5) is 5.69 Å². The molecule has 2 amide bonds. The van der Waals surface area contributed by atoms with Crippen LogP contribution in [0, 0.1) is 11.8 Å². The van der Waals surface area contributed by atoms with Crippen LogP contribution in [0.1, 0.15) is 44.9 Å². The maximum atomic E-state index is 13.9. The van der Waals surface area contributed by atoms with E-state index in [0.717, 1.165) is 16.9 Å². The Labute approximate surface area is 206 Å². The molecule has 2 saturated heterocycles. The molecule has 7 heteroatoms. The quantitative estimate of drug-likeness (QED) is 0.400. The Hall–Kier alpha value is -3.61. The standard InChI is InChI=1S/C28H20ClNO5/c1-2-15-7-9-16(10-8-15)23-21-22(27(34)30(26(21)33)18-13-11-17(29)12-14-18)28(35-23)24(31)19-5-3-4-6-20(19)25(28)32/h3-14,21-23H,2H2,1H3. The molecule has 3 atom stereocenters. The molecule has 0 bridgehead atoms. The number of aryl methyl sites for hydroxylation is 1. The first-order chi connectivity index (χ1) is 16.9. The summed E-state index contributed by atoms with van der Waals surface area (Å²) in [6, 6.07) is 20.3. The van der Waals surface area contributed by atoms with Crippen molar-refractivity contribution in [2.75, 3.05) is 4.90 Å². The van der Waals surface area contributed by atoms with Crippen molar-refractivity contribution in [2.24, 2.45) is 11.8 Å². The van der Waals surface area contributed by atoms with Gasteiger partial charge >= 0.3 is 0 Å². The first-order valence-electron chi connectivity index (χ1n) is 11.5. The summed E-state index contributed by atoms with van der Waals surface area (Å²) in [6.45, 7) is 2.03. The lowest BCUT2D eigenvalue weighted by molar-refractivity contribution is -0.127. The second-order valence-electron chi connectivity index (χ2n) is 9.06. The number of imide groups is 1. The van der Waals surface area contributed by atoms with Crippen molar-refractivity contribution in [3.8, 4) is 0 Å². The average Bonchev–Trinajstić information content (AvgIpc) is 3.45. The fraction of sp³-hybridized carbons (Fsp3) is 0.214. The number of hydrogen-bond acceptors (Lipinski definition) is 5. The SMILES string of the molecule is CCc1ccc(C2OC3(C(=O)c4ccccc4C3=O)C3C(=O)N(c4ccc(Cl)cc4)C(=O)C23)cc1. The number of ketones is 2. The van der Waals surface area contributed by atoms with Crippen LogP contribution in [0.3, 0.4) is 0 Å². The summed E-state index contributed by atoms with van der Waals surface area (Å²) in [7, 11) is 0. The van der Waals surface area contributed by atoms with Gasteiger partial charge in [-0.1, -0.05) is 67.1 Å². The van der Waals surface area contributed by atoms with E-state index in [-0.39, 0.29) is 11.1 Å². The number of Topliss-reactive ketones (excluding diaryl/α,β-unsaturated/α-hetero) is 2. The topological polar surface area (TPSA) is 80.8 Å². The molecule has 174 valence electrons. The van der Waals surface area contributed by atoms with E-state index in [0.29, 0.717) is 16.3 Å².